The minimum Gasteiger partial charge on any atom is -0.381 e. The smallest absolute Gasteiger partial charge is 0.191 e. The molecule has 22 heavy (non-hydrogen) atoms. The molecule has 0 aromatic rings. The Bertz CT molecular complexity index is 401. The Hall–Kier alpha value is -1.25. The van der Waals surface area contributed by atoms with Crippen molar-refractivity contribution < 1.29 is 4.74 Å². The van der Waals surface area contributed by atoms with Crippen LogP contribution in [0.3, 0.4) is 0 Å². The van der Waals surface area contributed by atoms with Crippen LogP contribution in [-0.2, 0) is 4.74 Å². The van der Waals surface area contributed by atoms with E-state index in [1.165, 1.54) is 25.7 Å². The number of likely N-dealkylation sites (tertiary alicyclic amines) is 1. The van der Waals surface area contributed by atoms with Crippen LogP contribution in [0.2, 0.25) is 0 Å². The summed E-state index contributed by atoms with van der Waals surface area (Å²) < 4.78 is 5.50. The maximum absolute atomic E-state index is 5.50. The third-order valence-electron chi connectivity index (χ3n) is 5.15. The van der Waals surface area contributed by atoms with E-state index in [-0.39, 0.29) is 5.54 Å². The quantitative estimate of drug-likeness (QED) is 0.455. The molecule has 2 rings (SSSR count). The first kappa shape index (κ1) is 17.1. The minimum atomic E-state index is 0.270. The molecule has 0 amide bonds. The number of hydrogen-bond acceptors (Lipinski definition) is 3. The Labute approximate surface area is 134 Å². The van der Waals surface area contributed by atoms with Crippen molar-refractivity contribution in [2.75, 3.05) is 40.3 Å². The van der Waals surface area contributed by atoms with Crippen molar-refractivity contribution in [3.63, 3.8) is 0 Å². The van der Waals surface area contributed by atoms with Gasteiger partial charge in [-0.05, 0) is 25.7 Å². The zero-order valence-corrected chi connectivity index (χ0v) is 14.0. The second-order valence-electron chi connectivity index (χ2n) is 6.34. The molecular weight excluding hydrogens is 276 g/mol. The van der Waals surface area contributed by atoms with Gasteiger partial charge in [0.1, 0.15) is 0 Å². The first-order chi connectivity index (χ1) is 10.7. The number of aliphatic imine (C=N–C) groups is 1. The average Bonchev–Trinajstić information content (AvgIpc) is 3.05. The molecule has 1 saturated carbocycles. The van der Waals surface area contributed by atoms with Gasteiger partial charge in [-0.15, -0.1) is 6.42 Å². The summed E-state index contributed by atoms with van der Waals surface area (Å²) in [6, 6.07) is 0. The Morgan fingerprint density at radius 3 is 2.55 bits per heavy atom. The molecular formula is C17H30N4O. The van der Waals surface area contributed by atoms with Gasteiger partial charge in [0, 0.05) is 39.3 Å². The highest BCUT2D eigenvalue weighted by Crippen LogP contribution is 2.36. The van der Waals surface area contributed by atoms with E-state index < -0.39 is 0 Å². The van der Waals surface area contributed by atoms with Crippen molar-refractivity contribution in [2.24, 2.45) is 4.99 Å². The Morgan fingerprint density at radius 2 is 2.00 bits per heavy atom. The molecule has 124 valence electrons. The molecule has 0 atom stereocenters. The van der Waals surface area contributed by atoms with Crippen LogP contribution in [0.25, 0.3) is 0 Å². The van der Waals surface area contributed by atoms with Gasteiger partial charge in [-0.25, -0.2) is 0 Å². The van der Waals surface area contributed by atoms with Gasteiger partial charge in [0.15, 0.2) is 5.96 Å². The fraction of sp³-hybridized carbons (Fsp3) is 0.824. The van der Waals surface area contributed by atoms with E-state index in [9.17, 15) is 0 Å². The number of nitrogens with one attached hydrogen (secondary N) is 2. The number of piperidine rings is 1. The molecule has 1 heterocycles. The number of nitrogens with zero attached hydrogens (tertiary/aromatic N) is 2. The first-order valence-corrected chi connectivity index (χ1v) is 8.40. The van der Waals surface area contributed by atoms with Crippen LogP contribution in [-0.4, -0.2) is 62.8 Å². The summed E-state index contributed by atoms with van der Waals surface area (Å²) in [5.74, 6) is 3.39. The van der Waals surface area contributed by atoms with Gasteiger partial charge in [0.25, 0.3) is 0 Å². The Kier molecular flexibility index (Phi) is 6.53. The van der Waals surface area contributed by atoms with Crippen molar-refractivity contribution in [3.8, 4) is 12.3 Å². The van der Waals surface area contributed by atoms with Crippen molar-refractivity contribution in [1.82, 2.24) is 15.5 Å². The van der Waals surface area contributed by atoms with Crippen LogP contribution >= 0.6 is 0 Å². The molecule has 1 saturated heterocycles. The van der Waals surface area contributed by atoms with Crippen molar-refractivity contribution in [2.45, 2.75) is 50.2 Å². The van der Waals surface area contributed by atoms with Crippen LogP contribution in [0.1, 0.15) is 38.5 Å². The number of methoxy groups -OCH3 is 1. The highest BCUT2D eigenvalue weighted by atomic mass is 16.5. The van der Waals surface area contributed by atoms with E-state index in [1.54, 1.807) is 7.05 Å². The first-order valence-electron chi connectivity index (χ1n) is 8.40. The zero-order chi connectivity index (χ0) is 15.8. The standard InChI is InChI=1S/C17H30N4O/c1-4-11-19-16(18-2)20-14-17(9-5-6-10-17)21-12-7-15(22-3)8-13-21/h1,15H,5-14H2,2-3H3,(H2,18,19,20). The Morgan fingerprint density at radius 1 is 1.32 bits per heavy atom. The highest BCUT2D eigenvalue weighted by molar-refractivity contribution is 5.79. The number of rotatable bonds is 5. The lowest BCUT2D eigenvalue weighted by Crippen LogP contribution is -2.58. The maximum atomic E-state index is 5.50. The van der Waals surface area contributed by atoms with E-state index in [1.807, 2.05) is 7.11 Å². The zero-order valence-electron chi connectivity index (χ0n) is 14.0. The van der Waals surface area contributed by atoms with Gasteiger partial charge < -0.3 is 15.4 Å². The molecule has 2 aliphatic rings. The van der Waals surface area contributed by atoms with Crippen LogP contribution in [0.5, 0.6) is 0 Å². The molecule has 0 spiro atoms. The fourth-order valence-electron chi connectivity index (χ4n) is 3.81. The lowest BCUT2D eigenvalue weighted by molar-refractivity contribution is -0.00163. The van der Waals surface area contributed by atoms with Crippen LogP contribution in [0.15, 0.2) is 4.99 Å². The molecule has 0 unspecified atom stereocenters. The summed E-state index contributed by atoms with van der Waals surface area (Å²) in [6.45, 7) is 3.72. The van der Waals surface area contributed by atoms with E-state index in [0.717, 1.165) is 38.4 Å². The fourth-order valence-corrected chi connectivity index (χ4v) is 3.81. The molecule has 2 fully saturated rings. The van der Waals surface area contributed by atoms with Crippen molar-refractivity contribution in [1.29, 1.82) is 0 Å². The largest absolute Gasteiger partial charge is 0.381 e. The molecule has 5 heteroatoms. The van der Waals surface area contributed by atoms with E-state index in [2.05, 4.69) is 26.4 Å². The van der Waals surface area contributed by atoms with E-state index in [4.69, 9.17) is 11.2 Å². The van der Waals surface area contributed by atoms with Gasteiger partial charge in [-0.2, -0.15) is 0 Å². The normalized spacial score (nSPS) is 23.2. The SMILES string of the molecule is C#CCNC(=NC)NCC1(N2CCC(OC)CC2)CCCC1. The minimum absolute atomic E-state index is 0.270. The van der Waals surface area contributed by atoms with Crippen molar-refractivity contribution >= 4 is 5.96 Å². The summed E-state index contributed by atoms with van der Waals surface area (Å²) in [7, 11) is 3.62. The molecule has 0 aromatic heterocycles. The van der Waals surface area contributed by atoms with Gasteiger partial charge in [-0.1, -0.05) is 18.8 Å². The van der Waals surface area contributed by atoms with Gasteiger partial charge in [0.2, 0.25) is 0 Å². The topological polar surface area (TPSA) is 48.9 Å². The van der Waals surface area contributed by atoms with Crippen LogP contribution in [0.4, 0.5) is 0 Å². The third kappa shape index (κ3) is 4.15. The molecule has 0 radical (unpaired) electrons. The summed E-state index contributed by atoms with van der Waals surface area (Å²) in [4.78, 5) is 6.93. The summed E-state index contributed by atoms with van der Waals surface area (Å²) in [5, 5.41) is 6.62. The van der Waals surface area contributed by atoms with Crippen LogP contribution < -0.4 is 10.6 Å². The van der Waals surface area contributed by atoms with Gasteiger partial charge in [-0.3, -0.25) is 9.89 Å². The molecule has 1 aliphatic heterocycles. The molecule has 0 aromatic carbocycles. The number of terminal acetylenes is 1. The summed E-state index contributed by atoms with van der Waals surface area (Å²) >= 11 is 0. The van der Waals surface area contributed by atoms with E-state index >= 15 is 0 Å². The second-order valence-corrected chi connectivity index (χ2v) is 6.34. The summed E-state index contributed by atoms with van der Waals surface area (Å²) in [6.07, 6.45) is 13.2. The lowest BCUT2D eigenvalue weighted by Gasteiger charge is -2.45. The average molecular weight is 306 g/mol. The number of guanidine groups is 1. The lowest BCUT2D eigenvalue weighted by atomic mass is 9.91. The molecule has 1 aliphatic carbocycles. The summed E-state index contributed by atoms with van der Waals surface area (Å²) in [5.41, 5.74) is 0.270. The van der Waals surface area contributed by atoms with Crippen LogP contribution in [0, 0.1) is 12.3 Å². The maximum Gasteiger partial charge on any atom is 0.191 e. The molecule has 0 bridgehead atoms. The number of hydrogen-bond donors (Lipinski definition) is 2. The van der Waals surface area contributed by atoms with E-state index in [0.29, 0.717) is 12.6 Å². The Balaban J connectivity index is 1.93. The van der Waals surface area contributed by atoms with Gasteiger partial charge >= 0.3 is 0 Å². The van der Waals surface area contributed by atoms with Crippen molar-refractivity contribution in [3.05, 3.63) is 0 Å². The number of ether oxygens (including phenoxy) is 1. The molecule has 2 N–H and O–H groups in total. The third-order valence-corrected chi connectivity index (χ3v) is 5.15. The van der Waals surface area contributed by atoms with Gasteiger partial charge in [0.05, 0.1) is 12.6 Å². The monoisotopic (exact) mass is 306 g/mol. The predicted molar refractivity (Wildman–Crippen MR) is 91.0 cm³/mol. The second kappa shape index (κ2) is 8.40. The highest BCUT2D eigenvalue weighted by Gasteiger charge is 2.40. The predicted octanol–water partition coefficient (Wildman–Crippen LogP) is 1.21. The molecule has 5 nitrogen and oxygen atoms in total.